The second-order valence-electron chi connectivity index (χ2n) is 7.53. The Kier molecular flexibility index (Phi) is 8.12. The number of benzene rings is 1. The van der Waals surface area contributed by atoms with Crippen LogP contribution in [-0.4, -0.2) is 53.5 Å². The topological polar surface area (TPSA) is 102 Å². The molecule has 1 fully saturated rings. The monoisotopic (exact) mass is 411 g/mol. The number of aliphatic imine (C=N–C) groups is 1. The summed E-state index contributed by atoms with van der Waals surface area (Å²) in [4.78, 5) is 28.6. The van der Waals surface area contributed by atoms with Crippen molar-refractivity contribution in [1.82, 2.24) is 5.32 Å². The normalized spacial score (nSPS) is 20.9. The predicted molar refractivity (Wildman–Crippen MR) is 119 cm³/mol. The molecule has 160 valence electrons. The lowest BCUT2D eigenvalue weighted by molar-refractivity contribution is -0.138. The Bertz CT molecular complexity index is 831. The molecule has 1 aromatic rings. The molecule has 1 aliphatic heterocycles. The van der Waals surface area contributed by atoms with Gasteiger partial charge in [0.15, 0.2) is 0 Å². The van der Waals surface area contributed by atoms with Crippen LogP contribution >= 0.6 is 0 Å². The molecule has 1 amide bonds. The number of amides is 1. The third-order valence-electron chi connectivity index (χ3n) is 5.07. The summed E-state index contributed by atoms with van der Waals surface area (Å²) < 4.78 is 0. The zero-order chi connectivity index (χ0) is 22.1. The number of hydrogen-bond donors (Lipinski definition) is 3. The minimum Gasteiger partial charge on any atom is -0.480 e. The lowest BCUT2D eigenvalue weighted by atomic mass is 9.86. The van der Waals surface area contributed by atoms with Crippen LogP contribution in [-0.2, 0) is 9.59 Å². The van der Waals surface area contributed by atoms with Crippen molar-refractivity contribution >= 4 is 29.9 Å². The number of anilines is 1. The number of carbonyl (C=O) groups excluding carboxylic acids is 1. The molecule has 1 aliphatic rings. The average Bonchev–Trinajstić information content (AvgIpc) is 3.12. The Morgan fingerprint density at radius 1 is 1.33 bits per heavy atom. The van der Waals surface area contributed by atoms with E-state index in [1.807, 2.05) is 49.4 Å². The number of β-amino-alcohol motifs (C(OH)–C–C–N with tert-alkyl or cyclic N) is 1. The maximum absolute atomic E-state index is 11.4. The van der Waals surface area contributed by atoms with Crippen LogP contribution in [0.1, 0.15) is 25.3 Å². The van der Waals surface area contributed by atoms with Crippen LogP contribution < -0.4 is 10.2 Å². The number of nitrogens with zero attached hydrogens (tertiary/aromatic N) is 2. The zero-order valence-electron chi connectivity index (χ0n) is 17.2. The molecular formula is C23H29N3O4. The van der Waals surface area contributed by atoms with Crippen LogP contribution in [0.5, 0.6) is 0 Å². The van der Waals surface area contributed by atoms with E-state index in [0.717, 1.165) is 11.3 Å². The molecule has 0 radical (unpaired) electrons. The van der Waals surface area contributed by atoms with Crippen molar-refractivity contribution < 1.29 is 19.8 Å². The Labute approximate surface area is 177 Å². The lowest BCUT2D eigenvalue weighted by Crippen LogP contribution is -2.35. The quantitative estimate of drug-likeness (QED) is 0.406. The van der Waals surface area contributed by atoms with Gasteiger partial charge in [-0.3, -0.25) is 9.79 Å². The molecule has 3 N–H and O–H groups in total. The Morgan fingerprint density at radius 2 is 2.03 bits per heavy atom. The Morgan fingerprint density at radius 3 is 2.63 bits per heavy atom. The number of rotatable bonds is 10. The molecule has 7 heteroatoms. The minimum absolute atomic E-state index is 0.0486. The summed E-state index contributed by atoms with van der Waals surface area (Å²) in [5.41, 5.74) is 1.40. The third kappa shape index (κ3) is 6.42. The predicted octanol–water partition coefficient (Wildman–Crippen LogP) is 2.64. The highest BCUT2D eigenvalue weighted by Gasteiger charge is 2.35. The second kappa shape index (κ2) is 10.5. The smallest absolute Gasteiger partial charge is 0.326 e. The van der Waals surface area contributed by atoms with E-state index in [9.17, 15) is 19.8 Å². The first-order valence-corrected chi connectivity index (χ1v) is 9.77. The summed E-state index contributed by atoms with van der Waals surface area (Å²) in [6.45, 7) is 9.70. The van der Waals surface area contributed by atoms with Gasteiger partial charge in [0.25, 0.3) is 0 Å². The van der Waals surface area contributed by atoms with Crippen molar-refractivity contribution in [2.45, 2.75) is 31.9 Å². The van der Waals surface area contributed by atoms with Crippen LogP contribution in [0, 0.1) is 5.41 Å². The third-order valence-corrected chi connectivity index (χ3v) is 5.07. The molecule has 7 nitrogen and oxygen atoms in total. The van der Waals surface area contributed by atoms with Gasteiger partial charge in [-0.1, -0.05) is 43.9 Å². The number of nitrogens with one attached hydrogen (secondary N) is 1. The summed E-state index contributed by atoms with van der Waals surface area (Å²) in [5.74, 6) is -1.14. The summed E-state index contributed by atoms with van der Waals surface area (Å²) in [7, 11) is 0. The fraction of sp³-hybridized carbons (Fsp3) is 0.348. The molecule has 0 spiro atoms. The number of carboxylic acids is 1. The molecule has 1 aromatic carbocycles. The lowest BCUT2D eigenvalue weighted by Gasteiger charge is -2.23. The largest absolute Gasteiger partial charge is 0.480 e. The van der Waals surface area contributed by atoms with Crippen LogP contribution in [0.15, 0.2) is 60.8 Å². The number of allylic oxidation sites excluding steroid dienone is 2. The summed E-state index contributed by atoms with van der Waals surface area (Å²) in [6.07, 6.45) is 9.04. The Balaban J connectivity index is 2.01. The average molecular weight is 412 g/mol. The molecule has 0 aromatic heterocycles. The molecule has 0 bridgehead atoms. The summed E-state index contributed by atoms with van der Waals surface area (Å²) in [5, 5.41) is 21.6. The van der Waals surface area contributed by atoms with Crippen molar-refractivity contribution in [3.8, 4) is 0 Å². The molecule has 0 saturated carbocycles. The number of aliphatic hydroxyl groups excluding tert-OH is 1. The molecule has 1 heterocycles. The van der Waals surface area contributed by atoms with Gasteiger partial charge in [0, 0.05) is 30.3 Å². The van der Waals surface area contributed by atoms with E-state index in [1.54, 1.807) is 11.1 Å². The van der Waals surface area contributed by atoms with E-state index < -0.39 is 18.1 Å². The van der Waals surface area contributed by atoms with Gasteiger partial charge < -0.3 is 20.4 Å². The Hall–Kier alpha value is -3.19. The standard InChI is InChI=1S/C23H29N3O4/c1-4-23(3,12-13-24-15-21(28)25-5-2)11-10-17-6-8-18(9-7-17)26-16-19(27)14-20(26)22(29)30/h4-11,13,19-20,27H,1-2,12,14-16H2,3H3,(H,25,28)(H,29,30)/b11-10+,24-13+. The minimum atomic E-state index is -0.930. The van der Waals surface area contributed by atoms with E-state index in [-0.39, 0.29) is 24.3 Å². The van der Waals surface area contributed by atoms with Gasteiger partial charge in [-0.05, 0) is 30.3 Å². The van der Waals surface area contributed by atoms with Gasteiger partial charge in [-0.25, -0.2) is 4.79 Å². The van der Waals surface area contributed by atoms with Crippen molar-refractivity contribution in [3.63, 3.8) is 0 Å². The molecule has 2 rings (SSSR count). The van der Waals surface area contributed by atoms with Gasteiger partial charge in [0.2, 0.25) is 5.91 Å². The van der Waals surface area contributed by atoms with Gasteiger partial charge in [0.05, 0.1) is 6.10 Å². The zero-order valence-corrected chi connectivity index (χ0v) is 17.2. The van der Waals surface area contributed by atoms with Crippen molar-refractivity contribution in [2.75, 3.05) is 18.0 Å². The van der Waals surface area contributed by atoms with Gasteiger partial charge >= 0.3 is 5.97 Å². The number of aliphatic carboxylic acids is 1. The highest BCUT2D eigenvalue weighted by molar-refractivity contribution is 5.80. The van der Waals surface area contributed by atoms with E-state index in [4.69, 9.17) is 0 Å². The molecule has 0 aliphatic carbocycles. The van der Waals surface area contributed by atoms with E-state index >= 15 is 0 Å². The number of carbonyl (C=O) groups is 2. The van der Waals surface area contributed by atoms with Crippen LogP contribution in [0.2, 0.25) is 0 Å². The first-order valence-electron chi connectivity index (χ1n) is 9.77. The van der Waals surface area contributed by atoms with Crippen molar-refractivity contribution in [1.29, 1.82) is 0 Å². The fourth-order valence-electron chi connectivity index (χ4n) is 3.18. The fourth-order valence-corrected chi connectivity index (χ4v) is 3.18. The van der Waals surface area contributed by atoms with Crippen molar-refractivity contribution in [2.24, 2.45) is 10.4 Å². The number of aliphatic hydroxyl groups is 1. The van der Waals surface area contributed by atoms with Crippen LogP contribution in [0.25, 0.3) is 6.08 Å². The number of hydrogen-bond acceptors (Lipinski definition) is 5. The van der Waals surface area contributed by atoms with E-state index in [0.29, 0.717) is 13.0 Å². The van der Waals surface area contributed by atoms with Crippen molar-refractivity contribution in [3.05, 3.63) is 61.3 Å². The maximum atomic E-state index is 11.4. The second-order valence-corrected chi connectivity index (χ2v) is 7.53. The maximum Gasteiger partial charge on any atom is 0.326 e. The summed E-state index contributed by atoms with van der Waals surface area (Å²) >= 11 is 0. The first-order chi connectivity index (χ1) is 14.3. The molecule has 3 unspecified atom stereocenters. The van der Waals surface area contributed by atoms with E-state index in [1.165, 1.54) is 6.20 Å². The van der Waals surface area contributed by atoms with Gasteiger partial charge in [0.1, 0.15) is 12.6 Å². The van der Waals surface area contributed by atoms with Crippen LogP contribution in [0.4, 0.5) is 5.69 Å². The van der Waals surface area contributed by atoms with Gasteiger partial charge in [-0.15, -0.1) is 6.58 Å². The molecular weight excluding hydrogens is 382 g/mol. The summed E-state index contributed by atoms with van der Waals surface area (Å²) in [6, 6.07) is 6.83. The first kappa shape index (κ1) is 23.1. The SMILES string of the molecule is C=CNC(=O)C/N=C/CC(C)(C=C)/C=C/c1ccc(N2CC(O)CC2C(=O)O)cc1. The van der Waals surface area contributed by atoms with Crippen LogP contribution in [0.3, 0.4) is 0 Å². The number of carboxylic acid groups (broad SMARTS) is 1. The highest BCUT2D eigenvalue weighted by Crippen LogP contribution is 2.28. The van der Waals surface area contributed by atoms with Gasteiger partial charge in [-0.2, -0.15) is 0 Å². The molecule has 3 atom stereocenters. The molecule has 30 heavy (non-hydrogen) atoms. The highest BCUT2D eigenvalue weighted by atomic mass is 16.4. The molecule has 1 saturated heterocycles. The van der Waals surface area contributed by atoms with E-state index in [2.05, 4.69) is 23.5 Å².